The molecule has 1 atom stereocenters. The molecule has 3 rings (SSSR count). The summed E-state index contributed by atoms with van der Waals surface area (Å²) in [5, 5.41) is 9.16. The zero-order valence-corrected chi connectivity index (χ0v) is 11.7. The lowest BCUT2D eigenvalue weighted by molar-refractivity contribution is -0.141. The van der Waals surface area contributed by atoms with E-state index in [0.29, 0.717) is 36.5 Å². The second-order valence-electron chi connectivity index (χ2n) is 5.27. The smallest absolute Gasteiger partial charge is 0.308 e. The third-order valence-electron chi connectivity index (χ3n) is 3.88. The Labute approximate surface area is 120 Å². The average Bonchev–Trinajstić information content (AvgIpc) is 2.51. The summed E-state index contributed by atoms with van der Waals surface area (Å²) in [6, 6.07) is 3.56. The number of fused-ring (bicyclic) bond motifs is 1. The lowest BCUT2D eigenvalue weighted by Crippen LogP contribution is -2.42. The summed E-state index contributed by atoms with van der Waals surface area (Å²) in [5.41, 5.74) is 0.914. The van der Waals surface area contributed by atoms with Crippen molar-refractivity contribution in [2.24, 2.45) is 13.0 Å². The van der Waals surface area contributed by atoms with Crippen molar-refractivity contribution in [1.82, 2.24) is 14.5 Å². The molecule has 0 radical (unpaired) electrons. The van der Waals surface area contributed by atoms with Crippen LogP contribution in [0.15, 0.2) is 23.1 Å². The predicted octanol–water partition coefficient (Wildman–Crippen LogP) is 0.629. The summed E-state index contributed by atoms with van der Waals surface area (Å²) in [6.45, 7) is 0.973. The molecule has 0 amide bonds. The molecule has 1 N–H and O–H groups in total. The Morgan fingerprint density at radius 2 is 2.29 bits per heavy atom. The van der Waals surface area contributed by atoms with E-state index in [4.69, 9.17) is 5.11 Å². The predicted molar refractivity (Wildman–Crippen MR) is 77.4 cm³/mol. The van der Waals surface area contributed by atoms with Gasteiger partial charge >= 0.3 is 5.97 Å². The summed E-state index contributed by atoms with van der Waals surface area (Å²) in [7, 11) is 1.65. The quantitative estimate of drug-likeness (QED) is 0.872. The zero-order chi connectivity index (χ0) is 15.0. The van der Waals surface area contributed by atoms with Gasteiger partial charge in [-0.1, -0.05) is 0 Å². The normalized spacial score (nSPS) is 18.9. The monoisotopic (exact) mass is 288 g/mol. The molecule has 1 saturated heterocycles. The number of carboxylic acid groups (broad SMARTS) is 1. The van der Waals surface area contributed by atoms with E-state index in [2.05, 4.69) is 9.97 Å². The van der Waals surface area contributed by atoms with Gasteiger partial charge in [-0.25, -0.2) is 9.97 Å². The number of piperidine rings is 1. The summed E-state index contributed by atoms with van der Waals surface area (Å²) < 4.78 is 1.46. The van der Waals surface area contributed by atoms with E-state index in [1.807, 2.05) is 0 Å². The van der Waals surface area contributed by atoms with Crippen LogP contribution in [0.5, 0.6) is 0 Å². The molecule has 0 saturated carbocycles. The Morgan fingerprint density at radius 1 is 1.48 bits per heavy atom. The number of carbonyl (C=O) groups is 1. The number of anilines is 1. The number of rotatable bonds is 2. The molecule has 0 aromatic carbocycles. The number of pyridine rings is 1. The average molecular weight is 288 g/mol. The minimum atomic E-state index is -0.820. The van der Waals surface area contributed by atoms with Gasteiger partial charge in [0, 0.05) is 26.3 Å². The van der Waals surface area contributed by atoms with Crippen molar-refractivity contribution in [1.29, 1.82) is 0 Å². The van der Waals surface area contributed by atoms with Crippen molar-refractivity contribution in [3.63, 3.8) is 0 Å². The molecule has 0 aliphatic carbocycles. The first-order chi connectivity index (χ1) is 10.1. The fourth-order valence-electron chi connectivity index (χ4n) is 2.72. The summed E-state index contributed by atoms with van der Waals surface area (Å²) in [4.78, 5) is 33.9. The van der Waals surface area contributed by atoms with Gasteiger partial charge in [-0.05, 0) is 25.0 Å². The molecule has 110 valence electrons. The molecule has 21 heavy (non-hydrogen) atoms. The van der Waals surface area contributed by atoms with Crippen LogP contribution in [0.3, 0.4) is 0 Å². The van der Waals surface area contributed by atoms with Gasteiger partial charge in [0.25, 0.3) is 5.56 Å². The van der Waals surface area contributed by atoms with E-state index in [1.54, 1.807) is 30.3 Å². The van der Waals surface area contributed by atoms with Crippen LogP contribution < -0.4 is 10.5 Å². The molecular formula is C14H16N4O3. The maximum atomic E-state index is 12.4. The molecule has 0 unspecified atom stereocenters. The Morgan fingerprint density at radius 3 is 3.05 bits per heavy atom. The molecule has 0 spiro atoms. The van der Waals surface area contributed by atoms with E-state index >= 15 is 0 Å². The van der Waals surface area contributed by atoms with Gasteiger partial charge in [-0.2, -0.15) is 0 Å². The summed E-state index contributed by atoms with van der Waals surface area (Å²) >= 11 is 0. The van der Waals surface area contributed by atoms with Crippen molar-refractivity contribution < 1.29 is 9.90 Å². The van der Waals surface area contributed by atoms with Gasteiger partial charge in [0.05, 0.1) is 5.92 Å². The number of aliphatic carboxylic acids is 1. The van der Waals surface area contributed by atoms with Gasteiger partial charge in [-0.3, -0.25) is 14.2 Å². The van der Waals surface area contributed by atoms with E-state index in [-0.39, 0.29) is 5.56 Å². The number of aryl methyl sites for hydroxylation is 1. The van der Waals surface area contributed by atoms with Crippen LogP contribution in [0.4, 0.5) is 5.82 Å². The molecule has 2 aromatic rings. The maximum Gasteiger partial charge on any atom is 0.308 e. The summed E-state index contributed by atoms with van der Waals surface area (Å²) in [5.74, 6) is -0.960. The van der Waals surface area contributed by atoms with E-state index in [1.165, 1.54) is 4.57 Å². The highest BCUT2D eigenvalue weighted by Gasteiger charge is 2.28. The molecular weight excluding hydrogens is 272 g/mol. The fraction of sp³-hybridized carbons (Fsp3) is 0.429. The first kappa shape index (κ1) is 13.5. The minimum absolute atomic E-state index is 0.243. The number of carboxylic acids is 1. The lowest BCUT2D eigenvalue weighted by atomic mass is 9.98. The minimum Gasteiger partial charge on any atom is -0.481 e. The van der Waals surface area contributed by atoms with Gasteiger partial charge < -0.3 is 10.0 Å². The number of hydrogen-bond donors (Lipinski definition) is 1. The second-order valence-corrected chi connectivity index (χ2v) is 5.27. The van der Waals surface area contributed by atoms with E-state index in [9.17, 15) is 9.59 Å². The van der Waals surface area contributed by atoms with Crippen molar-refractivity contribution >= 4 is 23.0 Å². The number of hydrogen-bond acceptors (Lipinski definition) is 5. The van der Waals surface area contributed by atoms with Crippen molar-refractivity contribution in [3.05, 3.63) is 28.7 Å². The highest BCUT2D eigenvalue weighted by atomic mass is 16.4. The molecule has 1 aliphatic heterocycles. The molecule has 3 heterocycles. The fourth-order valence-corrected chi connectivity index (χ4v) is 2.72. The summed E-state index contributed by atoms with van der Waals surface area (Å²) in [6.07, 6.45) is 3.00. The first-order valence-electron chi connectivity index (χ1n) is 6.87. The highest BCUT2D eigenvalue weighted by Crippen LogP contribution is 2.20. The van der Waals surface area contributed by atoms with E-state index < -0.39 is 11.9 Å². The lowest BCUT2D eigenvalue weighted by Gasteiger charge is -2.31. The standard InChI is InChI=1S/C14H16N4O3/c1-17-11-10(5-2-6-15-11)16-12(13(17)19)18-7-3-4-9(8-18)14(20)21/h2,5-6,9H,3-4,7-8H2,1H3,(H,20,21)/t9-/m1/s1. The second kappa shape index (κ2) is 5.16. The molecule has 7 nitrogen and oxygen atoms in total. The Balaban J connectivity index is 2.06. The van der Waals surface area contributed by atoms with Crippen LogP contribution in [-0.2, 0) is 11.8 Å². The first-order valence-corrected chi connectivity index (χ1v) is 6.87. The maximum absolute atomic E-state index is 12.4. The Bertz CT molecular complexity index is 755. The van der Waals surface area contributed by atoms with Gasteiger partial charge in [0.2, 0.25) is 0 Å². The SMILES string of the molecule is Cn1c(=O)c(N2CCC[C@@H](C(=O)O)C2)nc2cccnc21. The van der Waals surface area contributed by atoms with Crippen LogP contribution in [0, 0.1) is 5.92 Å². The van der Waals surface area contributed by atoms with Crippen LogP contribution in [-0.4, -0.2) is 38.7 Å². The third-order valence-corrected chi connectivity index (χ3v) is 3.88. The third kappa shape index (κ3) is 2.35. The van der Waals surface area contributed by atoms with Crippen LogP contribution in [0.1, 0.15) is 12.8 Å². The topological polar surface area (TPSA) is 88.3 Å². The van der Waals surface area contributed by atoms with Crippen LogP contribution >= 0.6 is 0 Å². The van der Waals surface area contributed by atoms with Crippen molar-refractivity contribution in [3.8, 4) is 0 Å². The molecule has 7 heteroatoms. The van der Waals surface area contributed by atoms with Crippen LogP contribution in [0.2, 0.25) is 0 Å². The molecule has 1 fully saturated rings. The molecule has 2 aromatic heterocycles. The Hall–Kier alpha value is -2.44. The molecule has 0 bridgehead atoms. The Kier molecular flexibility index (Phi) is 3.32. The van der Waals surface area contributed by atoms with Crippen molar-refractivity contribution in [2.45, 2.75) is 12.8 Å². The van der Waals surface area contributed by atoms with Crippen LogP contribution in [0.25, 0.3) is 11.2 Å². The number of aromatic nitrogens is 3. The van der Waals surface area contributed by atoms with Gasteiger partial charge in [-0.15, -0.1) is 0 Å². The molecule has 1 aliphatic rings. The van der Waals surface area contributed by atoms with Gasteiger partial charge in [0.15, 0.2) is 11.5 Å². The van der Waals surface area contributed by atoms with Crippen molar-refractivity contribution in [2.75, 3.05) is 18.0 Å². The largest absolute Gasteiger partial charge is 0.481 e. The van der Waals surface area contributed by atoms with E-state index in [0.717, 1.165) is 6.42 Å². The van der Waals surface area contributed by atoms with Gasteiger partial charge in [0.1, 0.15) is 5.52 Å². The highest BCUT2D eigenvalue weighted by molar-refractivity contribution is 5.73. The number of nitrogens with zero attached hydrogens (tertiary/aromatic N) is 4. The zero-order valence-electron chi connectivity index (χ0n) is 11.7.